The molecule has 1 aromatic heterocycles. The van der Waals surface area contributed by atoms with Crippen molar-refractivity contribution in [3.63, 3.8) is 0 Å². The van der Waals surface area contributed by atoms with E-state index in [-0.39, 0.29) is 17.9 Å². The summed E-state index contributed by atoms with van der Waals surface area (Å²) in [5.41, 5.74) is 1.72. The topological polar surface area (TPSA) is 25.2 Å². The number of nitrogens with zero attached hydrogens (tertiary/aromatic N) is 2. The van der Waals surface area contributed by atoms with E-state index >= 15 is 0 Å². The maximum atomic E-state index is 14.0. The summed E-state index contributed by atoms with van der Waals surface area (Å²) in [6, 6.07) is 16.1. The maximum absolute atomic E-state index is 14.0. The van der Waals surface area contributed by atoms with Crippen molar-refractivity contribution in [2.45, 2.75) is 13.1 Å². The molecule has 0 aliphatic rings. The fourth-order valence-electron chi connectivity index (χ4n) is 2.95. The van der Waals surface area contributed by atoms with Gasteiger partial charge in [0, 0.05) is 25.0 Å². The predicted molar refractivity (Wildman–Crippen MR) is 101 cm³/mol. The average molecular weight is 366 g/mol. The number of hydrogen-bond donors (Lipinski definition) is 0. The molecule has 0 fully saturated rings. The minimum atomic E-state index is -0.549. The molecule has 0 radical (unpaired) electrons. The lowest BCUT2D eigenvalue weighted by molar-refractivity contribution is 0.0754. The van der Waals surface area contributed by atoms with Gasteiger partial charge < -0.3 is 9.47 Å². The number of halogens is 2. The van der Waals surface area contributed by atoms with Crippen molar-refractivity contribution in [3.8, 4) is 0 Å². The van der Waals surface area contributed by atoms with E-state index in [1.54, 1.807) is 24.3 Å². The van der Waals surface area contributed by atoms with Crippen molar-refractivity contribution in [1.29, 1.82) is 0 Å². The highest BCUT2D eigenvalue weighted by atomic mass is 19.1. The van der Waals surface area contributed by atoms with Gasteiger partial charge in [-0.05, 0) is 42.0 Å². The van der Waals surface area contributed by atoms with Crippen molar-refractivity contribution < 1.29 is 13.6 Å². The Morgan fingerprint density at radius 1 is 1.07 bits per heavy atom. The van der Waals surface area contributed by atoms with Crippen LogP contribution in [0.15, 0.2) is 79.5 Å². The molecular weight excluding hydrogens is 346 g/mol. The Morgan fingerprint density at radius 2 is 1.89 bits per heavy atom. The van der Waals surface area contributed by atoms with Crippen molar-refractivity contribution in [3.05, 3.63) is 108 Å². The molecule has 3 aromatic rings. The molecule has 3 rings (SSSR count). The smallest absolute Gasteiger partial charge is 0.257 e. The molecule has 5 heteroatoms. The first-order valence-electron chi connectivity index (χ1n) is 8.61. The van der Waals surface area contributed by atoms with E-state index in [1.807, 2.05) is 29.0 Å². The van der Waals surface area contributed by atoms with E-state index in [9.17, 15) is 13.6 Å². The number of aromatic nitrogens is 1. The molecule has 0 unspecified atom stereocenters. The lowest BCUT2D eigenvalue weighted by atomic mass is 10.1. The largest absolute Gasteiger partial charge is 0.345 e. The standard InChI is InChI=1S/C22H20F2N2O/c1-2-12-26(22(27)20-10-3-4-11-21(20)24)16-19-9-6-13-25(19)15-17-7-5-8-18(23)14-17/h2-11,13-14H,1,12,15-16H2. The number of carbonyl (C=O) groups excluding carboxylic acids is 1. The van der Waals surface area contributed by atoms with Crippen LogP contribution in [0.5, 0.6) is 0 Å². The number of amides is 1. The van der Waals surface area contributed by atoms with Crippen molar-refractivity contribution >= 4 is 5.91 Å². The first-order chi connectivity index (χ1) is 13.1. The van der Waals surface area contributed by atoms with Crippen LogP contribution in [0.3, 0.4) is 0 Å². The summed E-state index contributed by atoms with van der Waals surface area (Å²) < 4.78 is 29.4. The van der Waals surface area contributed by atoms with Gasteiger partial charge in [-0.15, -0.1) is 6.58 Å². The maximum Gasteiger partial charge on any atom is 0.257 e. The average Bonchev–Trinajstić information content (AvgIpc) is 3.08. The number of rotatable bonds is 7. The highest BCUT2D eigenvalue weighted by molar-refractivity contribution is 5.94. The van der Waals surface area contributed by atoms with E-state index in [4.69, 9.17) is 0 Å². The summed E-state index contributed by atoms with van der Waals surface area (Å²) in [7, 11) is 0. The lowest BCUT2D eigenvalue weighted by Gasteiger charge is -2.22. The van der Waals surface area contributed by atoms with Gasteiger partial charge in [-0.25, -0.2) is 8.78 Å². The van der Waals surface area contributed by atoms with Gasteiger partial charge in [0.25, 0.3) is 5.91 Å². The molecule has 0 atom stereocenters. The first-order valence-corrected chi connectivity index (χ1v) is 8.61. The van der Waals surface area contributed by atoms with Gasteiger partial charge in [-0.3, -0.25) is 4.79 Å². The molecule has 0 saturated heterocycles. The van der Waals surface area contributed by atoms with E-state index < -0.39 is 11.7 Å². The summed E-state index contributed by atoms with van der Waals surface area (Å²) >= 11 is 0. The summed E-state index contributed by atoms with van der Waals surface area (Å²) in [4.78, 5) is 14.3. The molecule has 2 aromatic carbocycles. The molecule has 0 bridgehead atoms. The lowest BCUT2D eigenvalue weighted by Crippen LogP contribution is -2.32. The molecule has 0 saturated carbocycles. The van der Waals surface area contributed by atoms with Crippen LogP contribution in [0.1, 0.15) is 21.6 Å². The minimum absolute atomic E-state index is 0.0302. The molecule has 0 aliphatic carbocycles. The molecule has 0 spiro atoms. The summed E-state index contributed by atoms with van der Waals surface area (Å²) in [5.74, 6) is -1.23. The zero-order chi connectivity index (χ0) is 19.2. The molecule has 3 nitrogen and oxygen atoms in total. The zero-order valence-electron chi connectivity index (χ0n) is 14.8. The number of benzene rings is 2. The fourth-order valence-corrected chi connectivity index (χ4v) is 2.95. The summed E-state index contributed by atoms with van der Waals surface area (Å²) in [6.07, 6.45) is 3.48. The third-order valence-electron chi connectivity index (χ3n) is 4.26. The Labute approximate surface area is 157 Å². The highest BCUT2D eigenvalue weighted by Crippen LogP contribution is 2.15. The molecule has 1 amide bonds. The summed E-state index contributed by atoms with van der Waals surface area (Å²) in [5, 5.41) is 0. The van der Waals surface area contributed by atoms with Crippen LogP contribution in [0, 0.1) is 11.6 Å². The van der Waals surface area contributed by atoms with Gasteiger partial charge >= 0.3 is 0 Å². The zero-order valence-corrected chi connectivity index (χ0v) is 14.8. The van der Waals surface area contributed by atoms with E-state index in [0.717, 1.165) is 11.3 Å². The van der Waals surface area contributed by atoms with E-state index in [2.05, 4.69) is 6.58 Å². The number of carbonyl (C=O) groups is 1. The van der Waals surface area contributed by atoms with Crippen LogP contribution in [-0.4, -0.2) is 21.9 Å². The van der Waals surface area contributed by atoms with E-state index in [0.29, 0.717) is 13.1 Å². The third-order valence-corrected chi connectivity index (χ3v) is 4.26. The van der Waals surface area contributed by atoms with Crippen LogP contribution in [-0.2, 0) is 13.1 Å². The predicted octanol–water partition coefficient (Wildman–Crippen LogP) is 4.64. The molecule has 27 heavy (non-hydrogen) atoms. The summed E-state index contributed by atoms with van der Waals surface area (Å²) in [6.45, 7) is 4.76. The second kappa shape index (κ2) is 8.45. The molecule has 0 aliphatic heterocycles. The fraction of sp³-hybridized carbons (Fsp3) is 0.136. The molecule has 1 heterocycles. The second-order valence-corrected chi connectivity index (χ2v) is 6.21. The SMILES string of the molecule is C=CCN(Cc1cccn1Cc1cccc(F)c1)C(=O)c1ccccc1F. The van der Waals surface area contributed by atoms with Crippen LogP contribution in [0.25, 0.3) is 0 Å². The second-order valence-electron chi connectivity index (χ2n) is 6.21. The molecule has 0 N–H and O–H groups in total. The van der Waals surface area contributed by atoms with E-state index in [1.165, 1.54) is 29.2 Å². The highest BCUT2D eigenvalue weighted by Gasteiger charge is 2.19. The first kappa shape index (κ1) is 18.6. The van der Waals surface area contributed by atoms with Crippen LogP contribution in [0.2, 0.25) is 0 Å². The van der Waals surface area contributed by atoms with Gasteiger partial charge in [0.2, 0.25) is 0 Å². The van der Waals surface area contributed by atoms with Gasteiger partial charge in [-0.2, -0.15) is 0 Å². The van der Waals surface area contributed by atoms with Gasteiger partial charge in [0.15, 0.2) is 0 Å². The Morgan fingerprint density at radius 3 is 2.63 bits per heavy atom. The Balaban J connectivity index is 1.82. The normalized spacial score (nSPS) is 10.6. The van der Waals surface area contributed by atoms with Crippen molar-refractivity contribution in [2.75, 3.05) is 6.54 Å². The van der Waals surface area contributed by atoms with Crippen molar-refractivity contribution in [1.82, 2.24) is 9.47 Å². The molecule has 138 valence electrons. The van der Waals surface area contributed by atoms with Crippen molar-refractivity contribution in [2.24, 2.45) is 0 Å². The third kappa shape index (κ3) is 4.50. The van der Waals surface area contributed by atoms with Crippen LogP contribution < -0.4 is 0 Å². The van der Waals surface area contributed by atoms with Gasteiger partial charge in [0.05, 0.1) is 12.1 Å². The Kier molecular flexibility index (Phi) is 5.81. The monoisotopic (exact) mass is 366 g/mol. The van der Waals surface area contributed by atoms with Gasteiger partial charge in [-0.1, -0.05) is 30.3 Å². The Bertz CT molecular complexity index is 949. The molecular formula is C22H20F2N2O. The van der Waals surface area contributed by atoms with Gasteiger partial charge in [0.1, 0.15) is 11.6 Å². The van der Waals surface area contributed by atoms with Crippen LogP contribution >= 0.6 is 0 Å². The Hall–Kier alpha value is -3.21. The van der Waals surface area contributed by atoms with Crippen LogP contribution in [0.4, 0.5) is 8.78 Å². The number of hydrogen-bond acceptors (Lipinski definition) is 1. The minimum Gasteiger partial charge on any atom is -0.345 e. The quantitative estimate of drug-likeness (QED) is 0.559.